The van der Waals surface area contributed by atoms with Gasteiger partial charge in [0.2, 0.25) is 15.9 Å². The van der Waals surface area contributed by atoms with Gasteiger partial charge in [-0.25, -0.2) is 13.1 Å². The summed E-state index contributed by atoms with van der Waals surface area (Å²) in [7, 11) is -2.02. The number of nitrogens with zero attached hydrogens (tertiary/aromatic N) is 1. The molecule has 2 N–H and O–H groups in total. The van der Waals surface area contributed by atoms with E-state index in [9.17, 15) is 13.2 Å². The van der Waals surface area contributed by atoms with Crippen molar-refractivity contribution in [2.24, 2.45) is 0 Å². The molecule has 1 heterocycles. The molecule has 0 aromatic heterocycles. The largest absolute Gasteiger partial charge is 0.337 e. The van der Waals surface area contributed by atoms with Crippen LogP contribution in [0.15, 0.2) is 29.2 Å². The molecule has 1 fully saturated rings. The van der Waals surface area contributed by atoms with Gasteiger partial charge in [0.05, 0.1) is 4.90 Å². The summed E-state index contributed by atoms with van der Waals surface area (Å²) in [5, 5.41) is 3.26. The molecule has 1 atom stereocenters. The first-order chi connectivity index (χ1) is 10.4. The average Bonchev–Trinajstić information content (AvgIpc) is 2.53. The molecule has 23 heavy (non-hydrogen) atoms. The minimum Gasteiger partial charge on any atom is -0.337 e. The minimum atomic E-state index is -3.40. The van der Waals surface area contributed by atoms with Gasteiger partial charge in [0.1, 0.15) is 0 Å². The summed E-state index contributed by atoms with van der Waals surface area (Å²) in [5.74, 6) is 0.154. The topological polar surface area (TPSA) is 78.5 Å². The SMILES string of the molecule is CNS(=O)(=O)c1ccc(CCC(=O)N2CCNC[C@H]2C)cc1.Cl. The molecule has 1 aliphatic rings. The van der Waals surface area contributed by atoms with Gasteiger partial charge in [-0.05, 0) is 38.1 Å². The Hall–Kier alpha value is -1.15. The van der Waals surface area contributed by atoms with E-state index in [1.165, 1.54) is 7.05 Å². The van der Waals surface area contributed by atoms with E-state index >= 15 is 0 Å². The molecule has 8 heteroatoms. The molecule has 0 unspecified atom stereocenters. The fourth-order valence-electron chi connectivity index (χ4n) is 2.56. The van der Waals surface area contributed by atoms with E-state index in [-0.39, 0.29) is 29.3 Å². The number of aryl methyl sites for hydroxylation is 1. The zero-order valence-electron chi connectivity index (χ0n) is 13.4. The number of hydrogen-bond donors (Lipinski definition) is 2. The summed E-state index contributed by atoms with van der Waals surface area (Å²) < 4.78 is 25.6. The van der Waals surface area contributed by atoms with E-state index in [2.05, 4.69) is 10.0 Å². The predicted octanol–water partition coefficient (Wildman–Crippen LogP) is 0.769. The summed E-state index contributed by atoms with van der Waals surface area (Å²) in [6.45, 7) is 4.47. The summed E-state index contributed by atoms with van der Waals surface area (Å²) in [5.41, 5.74) is 0.964. The maximum Gasteiger partial charge on any atom is 0.240 e. The van der Waals surface area contributed by atoms with Crippen LogP contribution in [0.25, 0.3) is 0 Å². The first-order valence-corrected chi connectivity index (χ1v) is 8.95. The third kappa shape index (κ3) is 5.17. The van der Waals surface area contributed by atoms with Gasteiger partial charge in [0.25, 0.3) is 0 Å². The van der Waals surface area contributed by atoms with Crippen LogP contribution < -0.4 is 10.0 Å². The summed E-state index contributed by atoms with van der Waals surface area (Å²) in [6, 6.07) is 6.89. The summed E-state index contributed by atoms with van der Waals surface area (Å²) in [6.07, 6.45) is 1.07. The fraction of sp³-hybridized carbons (Fsp3) is 0.533. The van der Waals surface area contributed by atoms with Crippen LogP contribution in [0.5, 0.6) is 0 Å². The van der Waals surface area contributed by atoms with Gasteiger partial charge < -0.3 is 10.2 Å². The van der Waals surface area contributed by atoms with Crippen LogP contribution >= 0.6 is 12.4 Å². The van der Waals surface area contributed by atoms with Crippen LogP contribution in [0.2, 0.25) is 0 Å². The normalized spacial score (nSPS) is 18.3. The zero-order valence-corrected chi connectivity index (χ0v) is 15.0. The van der Waals surface area contributed by atoms with E-state index < -0.39 is 10.0 Å². The zero-order chi connectivity index (χ0) is 16.2. The van der Waals surface area contributed by atoms with Gasteiger partial charge in [0.15, 0.2) is 0 Å². The lowest BCUT2D eigenvalue weighted by Gasteiger charge is -2.34. The number of sulfonamides is 1. The quantitative estimate of drug-likeness (QED) is 0.812. The highest BCUT2D eigenvalue weighted by Crippen LogP contribution is 2.13. The number of benzene rings is 1. The molecule has 1 saturated heterocycles. The number of carbonyl (C=O) groups excluding carboxylic acids is 1. The molecule has 1 aliphatic heterocycles. The van der Waals surface area contributed by atoms with E-state index in [1.807, 2.05) is 11.8 Å². The van der Waals surface area contributed by atoms with Gasteiger partial charge in [-0.3, -0.25) is 4.79 Å². The van der Waals surface area contributed by atoms with Crippen molar-refractivity contribution in [1.29, 1.82) is 0 Å². The monoisotopic (exact) mass is 361 g/mol. The Morgan fingerprint density at radius 1 is 1.35 bits per heavy atom. The highest BCUT2D eigenvalue weighted by atomic mass is 35.5. The number of carbonyl (C=O) groups is 1. The van der Waals surface area contributed by atoms with Crippen LogP contribution in [0, 0.1) is 0 Å². The molecule has 0 aliphatic carbocycles. The van der Waals surface area contributed by atoms with Crippen molar-refractivity contribution in [3.8, 4) is 0 Å². The Kier molecular flexibility index (Phi) is 7.47. The maximum absolute atomic E-state index is 12.2. The molecular weight excluding hydrogens is 338 g/mol. The lowest BCUT2D eigenvalue weighted by molar-refractivity contribution is -0.133. The highest BCUT2D eigenvalue weighted by Gasteiger charge is 2.22. The third-order valence-corrected chi connectivity index (χ3v) is 5.38. The fourth-order valence-corrected chi connectivity index (χ4v) is 3.29. The first kappa shape index (κ1) is 19.9. The Bertz CT molecular complexity index is 619. The van der Waals surface area contributed by atoms with Crippen molar-refractivity contribution in [1.82, 2.24) is 14.9 Å². The van der Waals surface area contributed by atoms with E-state index in [4.69, 9.17) is 0 Å². The number of hydrogen-bond acceptors (Lipinski definition) is 4. The number of piperazine rings is 1. The van der Waals surface area contributed by atoms with Gasteiger partial charge >= 0.3 is 0 Å². The highest BCUT2D eigenvalue weighted by molar-refractivity contribution is 7.89. The molecule has 0 radical (unpaired) electrons. The van der Waals surface area contributed by atoms with Gasteiger partial charge in [-0.15, -0.1) is 12.4 Å². The van der Waals surface area contributed by atoms with Crippen LogP contribution in [0.1, 0.15) is 18.9 Å². The van der Waals surface area contributed by atoms with E-state index in [0.717, 1.165) is 25.2 Å². The minimum absolute atomic E-state index is 0. The molecule has 1 amide bonds. The molecule has 0 bridgehead atoms. The lowest BCUT2D eigenvalue weighted by atomic mass is 10.1. The smallest absolute Gasteiger partial charge is 0.240 e. The number of amides is 1. The van der Waals surface area contributed by atoms with Crippen LogP contribution in [-0.4, -0.2) is 51.9 Å². The van der Waals surface area contributed by atoms with Crippen molar-refractivity contribution >= 4 is 28.3 Å². The Morgan fingerprint density at radius 2 is 2.00 bits per heavy atom. The summed E-state index contributed by atoms with van der Waals surface area (Å²) in [4.78, 5) is 14.4. The second-order valence-electron chi connectivity index (χ2n) is 5.49. The molecule has 130 valence electrons. The molecule has 0 spiro atoms. The van der Waals surface area contributed by atoms with E-state index in [0.29, 0.717) is 12.8 Å². The molecule has 1 aromatic carbocycles. The molecule has 6 nitrogen and oxygen atoms in total. The van der Waals surface area contributed by atoms with Crippen LogP contribution in [0.3, 0.4) is 0 Å². The number of halogens is 1. The van der Waals surface area contributed by atoms with Crippen LogP contribution in [0.4, 0.5) is 0 Å². The number of rotatable bonds is 5. The standard InChI is InChI=1S/C15H23N3O3S.ClH/c1-12-11-17-9-10-18(12)15(19)8-5-13-3-6-14(7-4-13)22(20,21)16-2;/h3-4,6-7,12,16-17H,5,8-11H2,1-2H3;1H/t12-;/m1./s1. The maximum atomic E-state index is 12.2. The van der Waals surface area contributed by atoms with Crippen molar-refractivity contribution in [3.63, 3.8) is 0 Å². The Morgan fingerprint density at radius 3 is 2.57 bits per heavy atom. The van der Waals surface area contributed by atoms with Crippen molar-refractivity contribution < 1.29 is 13.2 Å². The first-order valence-electron chi connectivity index (χ1n) is 7.46. The van der Waals surface area contributed by atoms with Crippen molar-refractivity contribution in [2.45, 2.75) is 30.7 Å². The second-order valence-corrected chi connectivity index (χ2v) is 7.38. The van der Waals surface area contributed by atoms with Gasteiger partial charge in [-0.2, -0.15) is 0 Å². The van der Waals surface area contributed by atoms with Gasteiger partial charge in [0, 0.05) is 32.1 Å². The van der Waals surface area contributed by atoms with Crippen molar-refractivity contribution in [3.05, 3.63) is 29.8 Å². The Balaban J connectivity index is 0.00000264. The average molecular weight is 362 g/mol. The Labute approximate surface area is 144 Å². The van der Waals surface area contributed by atoms with Crippen molar-refractivity contribution in [2.75, 3.05) is 26.7 Å². The third-order valence-electron chi connectivity index (χ3n) is 3.95. The number of nitrogens with one attached hydrogen (secondary N) is 2. The van der Waals surface area contributed by atoms with Gasteiger partial charge in [-0.1, -0.05) is 12.1 Å². The second kappa shape index (κ2) is 8.63. The summed E-state index contributed by atoms with van der Waals surface area (Å²) >= 11 is 0. The molecule has 1 aromatic rings. The predicted molar refractivity (Wildman–Crippen MR) is 92.3 cm³/mol. The lowest BCUT2D eigenvalue weighted by Crippen LogP contribution is -2.52. The molecular formula is C15H24ClN3O3S. The van der Waals surface area contributed by atoms with Crippen LogP contribution in [-0.2, 0) is 21.2 Å². The molecule has 0 saturated carbocycles. The van der Waals surface area contributed by atoms with E-state index in [1.54, 1.807) is 24.3 Å². The molecule has 2 rings (SSSR count).